The topological polar surface area (TPSA) is 127 Å². The molecule has 0 amide bonds. The number of carboxylic acid groups (broad SMARTS) is 2. The van der Waals surface area contributed by atoms with Gasteiger partial charge in [-0.15, -0.1) is 0 Å². The van der Waals surface area contributed by atoms with Crippen LogP contribution in [0.2, 0.25) is 0 Å². The van der Waals surface area contributed by atoms with Gasteiger partial charge in [0.2, 0.25) is 0 Å². The van der Waals surface area contributed by atoms with E-state index in [1.165, 1.54) is 13.4 Å². The highest BCUT2D eigenvalue weighted by molar-refractivity contribution is 5.91. The fourth-order valence-corrected chi connectivity index (χ4v) is 1.03. The van der Waals surface area contributed by atoms with E-state index in [0.29, 0.717) is 12.2 Å². The number of aliphatic carboxylic acids is 2. The lowest BCUT2D eigenvalue weighted by Gasteiger charge is -1.91. The van der Waals surface area contributed by atoms with Crippen LogP contribution in [0.3, 0.4) is 0 Å². The Hall–Kier alpha value is -3.16. The summed E-state index contributed by atoms with van der Waals surface area (Å²) >= 11 is 0. The van der Waals surface area contributed by atoms with Crippen molar-refractivity contribution in [2.45, 2.75) is 26.2 Å². The van der Waals surface area contributed by atoms with Crippen molar-refractivity contribution in [1.29, 1.82) is 0 Å². The number of carbonyl (C=O) groups is 4. The molecule has 8 heteroatoms. The van der Waals surface area contributed by atoms with E-state index < -0.39 is 23.9 Å². The summed E-state index contributed by atoms with van der Waals surface area (Å²) < 4.78 is 9.00. The Labute approximate surface area is 145 Å². The van der Waals surface area contributed by atoms with E-state index in [0.717, 1.165) is 31.4 Å². The van der Waals surface area contributed by atoms with E-state index in [2.05, 4.69) is 16.4 Å². The number of unbranched alkanes of at least 4 members (excludes halogenated alkanes) is 2. The highest BCUT2D eigenvalue weighted by Gasteiger charge is 1.96. The van der Waals surface area contributed by atoms with Gasteiger partial charge < -0.3 is 19.7 Å². The molecule has 0 atom stereocenters. The van der Waals surface area contributed by atoms with Gasteiger partial charge in [-0.1, -0.05) is 31.9 Å². The third-order valence-electron chi connectivity index (χ3n) is 2.16. The molecule has 0 bridgehead atoms. The quantitative estimate of drug-likeness (QED) is 0.212. The van der Waals surface area contributed by atoms with Crippen LogP contribution in [-0.4, -0.2) is 41.2 Å². The zero-order valence-corrected chi connectivity index (χ0v) is 14.1. The van der Waals surface area contributed by atoms with Crippen LogP contribution in [-0.2, 0) is 28.7 Å². The summed E-state index contributed by atoms with van der Waals surface area (Å²) in [5, 5.41) is 15.6. The van der Waals surface area contributed by atoms with Crippen LogP contribution in [0.1, 0.15) is 26.2 Å². The Balaban J connectivity index is 0. The molecule has 0 aromatic rings. The lowest BCUT2D eigenvalue weighted by Crippen LogP contribution is -1.98. The molecule has 0 aromatic heterocycles. The Morgan fingerprint density at radius 2 is 1.44 bits per heavy atom. The Kier molecular flexibility index (Phi) is 16.6. The van der Waals surface area contributed by atoms with Gasteiger partial charge in [0.15, 0.2) is 0 Å². The Bertz CT molecular complexity index is 525. The number of ether oxygens (including phenoxy) is 2. The third kappa shape index (κ3) is 23.2. The molecule has 0 rings (SSSR count). The standard InChI is InChI=1S/C13H18O4.C4H4O4/c1-3-4-5-6-7-8-11-17-13(15)10-9-12(14)16-2;5-3(6)1-2-4(7)8/h6-11H,3-5H2,1-2H3;1-2H,(H,5,6)(H,7,8)/b7-6?,10-9-,11-8?;2-1+. The first kappa shape index (κ1) is 24.1. The molecule has 0 fully saturated rings. The van der Waals surface area contributed by atoms with Crippen molar-refractivity contribution >= 4 is 23.9 Å². The van der Waals surface area contributed by atoms with Gasteiger partial charge in [-0.05, 0) is 12.5 Å². The van der Waals surface area contributed by atoms with Gasteiger partial charge in [0.1, 0.15) is 0 Å². The number of esters is 2. The van der Waals surface area contributed by atoms with Crippen LogP contribution in [0.5, 0.6) is 0 Å². The highest BCUT2D eigenvalue weighted by atomic mass is 16.5. The smallest absolute Gasteiger partial charge is 0.335 e. The van der Waals surface area contributed by atoms with E-state index in [1.807, 2.05) is 12.2 Å². The van der Waals surface area contributed by atoms with Crippen LogP contribution in [0.15, 0.2) is 48.8 Å². The van der Waals surface area contributed by atoms with Crippen molar-refractivity contribution in [3.8, 4) is 0 Å². The highest BCUT2D eigenvalue weighted by Crippen LogP contribution is 1.95. The SMILES string of the molecule is CCCCC=CC=COC(=O)/C=C\C(=O)OC.O=C(O)/C=C/C(=O)O. The Morgan fingerprint density at radius 1 is 0.880 bits per heavy atom. The maximum Gasteiger partial charge on any atom is 0.335 e. The van der Waals surface area contributed by atoms with Crippen LogP contribution in [0.4, 0.5) is 0 Å². The fourth-order valence-electron chi connectivity index (χ4n) is 1.03. The predicted molar refractivity (Wildman–Crippen MR) is 89.5 cm³/mol. The molecule has 0 aliphatic heterocycles. The molecule has 0 radical (unpaired) electrons. The maximum absolute atomic E-state index is 11.0. The summed E-state index contributed by atoms with van der Waals surface area (Å²) in [5.74, 6) is -3.72. The van der Waals surface area contributed by atoms with E-state index in [-0.39, 0.29) is 0 Å². The lowest BCUT2D eigenvalue weighted by molar-refractivity contribution is -0.136. The number of carboxylic acids is 2. The molecular weight excluding hydrogens is 332 g/mol. The van der Waals surface area contributed by atoms with Gasteiger partial charge in [0.05, 0.1) is 13.4 Å². The van der Waals surface area contributed by atoms with Crippen LogP contribution in [0, 0.1) is 0 Å². The maximum atomic E-state index is 11.0. The third-order valence-corrected chi connectivity index (χ3v) is 2.16. The molecule has 0 aliphatic carbocycles. The van der Waals surface area contributed by atoms with Crippen molar-refractivity contribution in [3.05, 3.63) is 48.8 Å². The summed E-state index contributed by atoms with van der Waals surface area (Å²) in [5.41, 5.74) is 0. The number of allylic oxidation sites excluding steroid dienone is 3. The summed E-state index contributed by atoms with van der Waals surface area (Å²) in [4.78, 5) is 40.8. The first-order valence-corrected chi connectivity index (χ1v) is 7.25. The first-order valence-electron chi connectivity index (χ1n) is 7.25. The molecular formula is C17H22O8. The average molecular weight is 354 g/mol. The zero-order valence-electron chi connectivity index (χ0n) is 14.1. The number of rotatable bonds is 9. The first-order chi connectivity index (χ1) is 11.8. The molecule has 2 N–H and O–H groups in total. The minimum Gasteiger partial charge on any atom is -0.478 e. The summed E-state index contributed by atoms with van der Waals surface area (Å²) in [6.45, 7) is 2.12. The van der Waals surface area contributed by atoms with Crippen molar-refractivity contribution in [1.82, 2.24) is 0 Å². The van der Waals surface area contributed by atoms with E-state index in [9.17, 15) is 19.2 Å². The van der Waals surface area contributed by atoms with Crippen LogP contribution in [0.25, 0.3) is 0 Å². The van der Waals surface area contributed by atoms with Gasteiger partial charge in [-0.25, -0.2) is 19.2 Å². The second kappa shape index (κ2) is 17.2. The summed E-state index contributed by atoms with van der Waals surface area (Å²) in [7, 11) is 1.24. The van der Waals surface area contributed by atoms with E-state index in [1.54, 1.807) is 6.08 Å². The second-order valence-electron chi connectivity index (χ2n) is 4.20. The minimum absolute atomic E-state index is 0.558. The lowest BCUT2D eigenvalue weighted by atomic mass is 10.2. The van der Waals surface area contributed by atoms with E-state index >= 15 is 0 Å². The number of hydrogen-bond acceptors (Lipinski definition) is 6. The minimum atomic E-state index is -1.26. The Morgan fingerprint density at radius 3 is 1.92 bits per heavy atom. The summed E-state index contributed by atoms with van der Waals surface area (Å²) in [6, 6.07) is 0. The molecule has 0 saturated carbocycles. The molecule has 0 aromatic carbocycles. The van der Waals surface area contributed by atoms with Crippen LogP contribution >= 0.6 is 0 Å². The number of hydrogen-bond donors (Lipinski definition) is 2. The predicted octanol–water partition coefficient (Wildman–Crippen LogP) is 2.23. The molecule has 0 spiro atoms. The number of methoxy groups -OCH3 is 1. The fraction of sp³-hybridized carbons (Fsp3) is 0.294. The molecule has 0 aliphatic rings. The normalized spacial score (nSPS) is 10.8. The zero-order chi connectivity index (χ0) is 19.5. The molecule has 8 nitrogen and oxygen atoms in total. The molecule has 0 saturated heterocycles. The molecule has 25 heavy (non-hydrogen) atoms. The monoisotopic (exact) mass is 354 g/mol. The van der Waals surface area contributed by atoms with Crippen molar-refractivity contribution in [3.63, 3.8) is 0 Å². The summed E-state index contributed by atoms with van der Waals surface area (Å²) in [6.07, 6.45) is 13.1. The van der Waals surface area contributed by atoms with Crippen molar-refractivity contribution < 1.29 is 38.9 Å². The molecule has 138 valence electrons. The van der Waals surface area contributed by atoms with Gasteiger partial charge in [0, 0.05) is 24.3 Å². The second-order valence-corrected chi connectivity index (χ2v) is 4.20. The molecule has 0 heterocycles. The van der Waals surface area contributed by atoms with E-state index in [4.69, 9.17) is 10.2 Å². The van der Waals surface area contributed by atoms with Crippen molar-refractivity contribution in [2.24, 2.45) is 0 Å². The van der Waals surface area contributed by atoms with Gasteiger partial charge in [-0.2, -0.15) is 0 Å². The van der Waals surface area contributed by atoms with Gasteiger partial charge in [-0.3, -0.25) is 0 Å². The molecule has 0 unspecified atom stereocenters. The largest absolute Gasteiger partial charge is 0.478 e. The van der Waals surface area contributed by atoms with Crippen molar-refractivity contribution in [2.75, 3.05) is 7.11 Å². The average Bonchev–Trinajstić information content (AvgIpc) is 2.57. The van der Waals surface area contributed by atoms with Gasteiger partial charge >= 0.3 is 23.9 Å². The number of carbonyl (C=O) groups excluding carboxylic acids is 2. The van der Waals surface area contributed by atoms with Gasteiger partial charge in [0.25, 0.3) is 0 Å². The van der Waals surface area contributed by atoms with Crippen LogP contribution < -0.4 is 0 Å².